The molecule has 1 saturated heterocycles. The highest BCUT2D eigenvalue weighted by Crippen LogP contribution is 2.42. The predicted octanol–water partition coefficient (Wildman–Crippen LogP) is 8.03. The minimum atomic E-state index is -0.901. The van der Waals surface area contributed by atoms with Crippen LogP contribution in [0, 0.1) is 18.7 Å². The maximum atomic E-state index is 16.7. The van der Waals surface area contributed by atoms with Crippen molar-refractivity contribution in [1.29, 1.82) is 0 Å². The van der Waals surface area contributed by atoms with Crippen LogP contribution in [0.4, 0.5) is 40.8 Å². The van der Waals surface area contributed by atoms with Gasteiger partial charge < -0.3 is 28.6 Å². The minimum absolute atomic E-state index is 0.0258. The average Bonchev–Trinajstić information content (AvgIpc) is 3.39. The van der Waals surface area contributed by atoms with E-state index in [0.717, 1.165) is 0 Å². The molecule has 2 aliphatic heterocycles. The number of nitrogens with one attached hydrogen (secondary N) is 2. The van der Waals surface area contributed by atoms with Gasteiger partial charge in [0.05, 0.1) is 18.8 Å². The van der Waals surface area contributed by atoms with Crippen molar-refractivity contribution in [2.24, 2.45) is 5.92 Å². The van der Waals surface area contributed by atoms with Crippen molar-refractivity contribution < 1.29 is 47.3 Å². The molecule has 15 nitrogen and oxygen atoms in total. The topological polar surface area (TPSA) is 171 Å². The summed E-state index contributed by atoms with van der Waals surface area (Å²) in [6, 6.07) is 3.03. The van der Waals surface area contributed by atoms with E-state index < -0.39 is 53.1 Å². The van der Waals surface area contributed by atoms with E-state index in [9.17, 15) is 19.2 Å². The Bertz CT molecular complexity index is 1970. The van der Waals surface area contributed by atoms with Crippen LogP contribution >= 0.6 is 0 Å². The highest BCUT2D eigenvalue weighted by atomic mass is 19.1. The predicted molar refractivity (Wildman–Crippen MR) is 199 cm³/mol. The van der Waals surface area contributed by atoms with Crippen LogP contribution in [-0.4, -0.2) is 88.4 Å². The molecule has 2 N–H and O–H groups in total. The SMILES string of the molecule is Cc1c(-c2cc3cc(NC(=O)OC4CN(C(=O)OC(C)(C)C)CC4C)ncc3c(NC(=O)OC(C)(C)C)c2F)cnc2c1N(C(=O)OC(C)(C)C)CCO2. The lowest BCUT2D eigenvalue weighted by Crippen LogP contribution is -2.42. The molecule has 292 valence electrons. The van der Waals surface area contributed by atoms with Gasteiger partial charge in [0.15, 0.2) is 5.82 Å². The Morgan fingerprint density at radius 2 is 1.48 bits per heavy atom. The van der Waals surface area contributed by atoms with E-state index in [1.807, 2.05) is 6.92 Å². The maximum absolute atomic E-state index is 16.7. The number of pyridine rings is 2. The molecule has 4 heterocycles. The number of halogens is 1. The fourth-order valence-corrected chi connectivity index (χ4v) is 6.01. The van der Waals surface area contributed by atoms with Crippen LogP contribution in [-0.2, 0) is 18.9 Å². The number of amides is 4. The number of hydrogen-bond acceptors (Lipinski definition) is 11. The monoisotopic (exact) mass is 752 g/mol. The molecule has 0 aliphatic carbocycles. The number of fused-ring (bicyclic) bond motifs is 2. The molecule has 0 radical (unpaired) electrons. The molecule has 2 unspecified atom stereocenters. The first-order valence-electron chi connectivity index (χ1n) is 17.7. The number of nitrogens with zero attached hydrogens (tertiary/aromatic N) is 4. The average molecular weight is 753 g/mol. The Labute approximate surface area is 313 Å². The Morgan fingerprint density at radius 3 is 2.13 bits per heavy atom. The summed E-state index contributed by atoms with van der Waals surface area (Å²) in [5.41, 5.74) is -1.44. The lowest BCUT2D eigenvalue weighted by Gasteiger charge is -2.32. The zero-order chi connectivity index (χ0) is 39.9. The van der Waals surface area contributed by atoms with Crippen LogP contribution in [0.3, 0.4) is 0 Å². The van der Waals surface area contributed by atoms with E-state index in [0.29, 0.717) is 28.7 Å². The van der Waals surface area contributed by atoms with Crippen LogP contribution in [0.25, 0.3) is 21.9 Å². The van der Waals surface area contributed by atoms with Crippen molar-refractivity contribution in [2.45, 2.75) is 99.1 Å². The van der Waals surface area contributed by atoms with Crippen molar-refractivity contribution in [3.8, 4) is 17.0 Å². The Morgan fingerprint density at radius 1 is 0.833 bits per heavy atom. The smallest absolute Gasteiger partial charge is 0.415 e. The number of ether oxygens (including phenoxy) is 5. The van der Waals surface area contributed by atoms with Gasteiger partial charge in [-0.2, -0.15) is 0 Å². The molecule has 16 heteroatoms. The number of likely N-dealkylation sites (tertiary alicyclic amines) is 1. The Hall–Kier alpha value is -5.41. The third-order valence-electron chi connectivity index (χ3n) is 8.27. The molecule has 3 aromatic rings. The molecule has 2 aromatic heterocycles. The standard InChI is InChI=1S/C38H49FN6O9/c1-20-18-44(34(48)53-37(6,7)8)19-26(20)51-32(46)42-27-15-22-14-23(28(39)29(25(22)17-40-27)43-33(47)52-36(3,4)5)24-16-41-31-30(21(24)2)45(12-13-50-31)35(49)54-38(9,10)11/h14-17,20,26H,12-13,18-19H2,1-11H3,(H,43,47)(H,40,42,46). The fourth-order valence-electron chi connectivity index (χ4n) is 6.01. The molecule has 1 aromatic carbocycles. The lowest BCUT2D eigenvalue weighted by atomic mass is 9.96. The van der Waals surface area contributed by atoms with E-state index in [1.165, 1.54) is 34.3 Å². The minimum Gasteiger partial charge on any atom is -0.474 e. The second-order valence-electron chi connectivity index (χ2n) is 16.4. The highest BCUT2D eigenvalue weighted by Gasteiger charge is 2.37. The van der Waals surface area contributed by atoms with Gasteiger partial charge in [0, 0.05) is 41.4 Å². The molecular weight excluding hydrogens is 703 g/mol. The number of carbonyl (C=O) groups excluding carboxylic acids is 4. The summed E-state index contributed by atoms with van der Waals surface area (Å²) in [7, 11) is 0. The van der Waals surface area contributed by atoms with Crippen molar-refractivity contribution in [1.82, 2.24) is 14.9 Å². The van der Waals surface area contributed by atoms with E-state index in [-0.39, 0.29) is 53.9 Å². The van der Waals surface area contributed by atoms with Crippen molar-refractivity contribution >= 4 is 52.3 Å². The van der Waals surface area contributed by atoms with Gasteiger partial charge in [-0.15, -0.1) is 0 Å². The molecule has 0 bridgehead atoms. The summed E-state index contributed by atoms with van der Waals surface area (Å²) in [6.45, 7) is 20.0. The van der Waals surface area contributed by atoms with Gasteiger partial charge in [0.2, 0.25) is 5.88 Å². The number of benzene rings is 1. The van der Waals surface area contributed by atoms with Crippen LogP contribution < -0.4 is 20.3 Å². The largest absolute Gasteiger partial charge is 0.474 e. The summed E-state index contributed by atoms with van der Waals surface area (Å²) in [5, 5.41) is 5.74. The summed E-state index contributed by atoms with van der Waals surface area (Å²) in [6.07, 6.45) is -0.688. The van der Waals surface area contributed by atoms with Crippen molar-refractivity contribution in [3.05, 3.63) is 35.9 Å². The lowest BCUT2D eigenvalue weighted by molar-refractivity contribution is 0.0262. The van der Waals surface area contributed by atoms with Crippen LogP contribution in [0.15, 0.2) is 24.5 Å². The Kier molecular flexibility index (Phi) is 10.9. The van der Waals surface area contributed by atoms with Gasteiger partial charge in [0.25, 0.3) is 0 Å². The molecule has 2 aliphatic rings. The number of anilines is 3. The quantitative estimate of drug-likeness (QED) is 0.247. The van der Waals surface area contributed by atoms with Gasteiger partial charge in [-0.3, -0.25) is 15.5 Å². The van der Waals surface area contributed by atoms with E-state index in [4.69, 9.17) is 23.7 Å². The first kappa shape index (κ1) is 39.8. The number of aromatic nitrogens is 2. The summed E-state index contributed by atoms with van der Waals surface area (Å²) >= 11 is 0. The van der Waals surface area contributed by atoms with Gasteiger partial charge >= 0.3 is 24.4 Å². The second-order valence-corrected chi connectivity index (χ2v) is 16.4. The number of hydrogen-bond donors (Lipinski definition) is 2. The third kappa shape index (κ3) is 9.38. The molecule has 1 fully saturated rings. The van der Waals surface area contributed by atoms with Gasteiger partial charge in [0.1, 0.15) is 41.0 Å². The zero-order valence-corrected chi connectivity index (χ0v) is 32.6. The molecule has 0 spiro atoms. The number of rotatable bonds is 4. The highest BCUT2D eigenvalue weighted by molar-refractivity contribution is 6.05. The van der Waals surface area contributed by atoms with Crippen LogP contribution in [0.1, 0.15) is 74.8 Å². The molecular formula is C38H49FN6O9. The van der Waals surface area contributed by atoms with Crippen LogP contribution in [0.2, 0.25) is 0 Å². The van der Waals surface area contributed by atoms with Gasteiger partial charge in [-0.05, 0) is 92.3 Å². The fraction of sp³-hybridized carbons (Fsp3) is 0.526. The van der Waals surface area contributed by atoms with Gasteiger partial charge in [-0.25, -0.2) is 33.5 Å². The summed E-state index contributed by atoms with van der Waals surface area (Å²) < 4.78 is 44.7. The van der Waals surface area contributed by atoms with Gasteiger partial charge in [-0.1, -0.05) is 6.92 Å². The first-order chi connectivity index (χ1) is 25.0. The molecule has 2 atom stereocenters. The van der Waals surface area contributed by atoms with Crippen molar-refractivity contribution in [2.75, 3.05) is 41.8 Å². The third-order valence-corrected chi connectivity index (χ3v) is 8.27. The summed E-state index contributed by atoms with van der Waals surface area (Å²) in [5.74, 6) is -0.718. The first-order valence-corrected chi connectivity index (χ1v) is 17.7. The summed E-state index contributed by atoms with van der Waals surface area (Å²) in [4.78, 5) is 63.6. The number of carbonyl (C=O) groups is 4. The molecule has 54 heavy (non-hydrogen) atoms. The molecule has 0 saturated carbocycles. The Balaban J connectivity index is 1.50. The van der Waals surface area contributed by atoms with Crippen LogP contribution in [0.5, 0.6) is 5.88 Å². The van der Waals surface area contributed by atoms with E-state index >= 15 is 4.39 Å². The zero-order valence-electron chi connectivity index (χ0n) is 32.6. The van der Waals surface area contributed by atoms with E-state index in [2.05, 4.69) is 20.6 Å². The molecule has 5 rings (SSSR count). The normalized spacial score (nSPS) is 17.3. The maximum Gasteiger partial charge on any atom is 0.415 e. The van der Waals surface area contributed by atoms with E-state index in [1.54, 1.807) is 69.2 Å². The second kappa shape index (κ2) is 14.8. The molecule has 4 amide bonds. The van der Waals surface area contributed by atoms with Crippen molar-refractivity contribution in [3.63, 3.8) is 0 Å².